The van der Waals surface area contributed by atoms with E-state index in [2.05, 4.69) is 33.8 Å². The Bertz CT molecular complexity index is 489. The highest BCUT2D eigenvalue weighted by atomic mass is 16.5. The molecule has 1 aromatic rings. The minimum absolute atomic E-state index is 0.0891. The average Bonchev–Trinajstić information content (AvgIpc) is 2.35. The van der Waals surface area contributed by atoms with Gasteiger partial charge in [0.15, 0.2) is 0 Å². The summed E-state index contributed by atoms with van der Waals surface area (Å²) >= 11 is 0. The fourth-order valence-electron chi connectivity index (χ4n) is 2.28. The summed E-state index contributed by atoms with van der Waals surface area (Å²) in [7, 11) is 1.60. The first-order chi connectivity index (χ1) is 9.20. The number of hydrogen-bond donors (Lipinski definition) is 2. The van der Waals surface area contributed by atoms with Crippen molar-refractivity contribution in [2.24, 2.45) is 5.73 Å². The molecule has 1 atom stereocenters. The number of carboxylic acid groups (broad SMARTS) is 1. The van der Waals surface area contributed by atoms with Crippen molar-refractivity contribution in [1.29, 1.82) is 0 Å². The van der Waals surface area contributed by atoms with Gasteiger partial charge in [0.1, 0.15) is 5.75 Å². The lowest BCUT2D eigenvalue weighted by Crippen LogP contribution is -2.20. The summed E-state index contributed by atoms with van der Waals surface area (Å²) in [6, 6.07) is 3.52. The molecule has 0 saturated carbocycles. The van der Waals surface area contributed by atoms with Crippen molar-refractivity contribution in [2.75, 3.05) is 7.11 Å². The summed E-state index contributed by atoms with van der Waals surface area (Å²) in [4.78, 5) is 10.9. The molecule has 0 radical (unpaired) electrons. The molecule has 0 aliphatic rings. The molecule has 0 heterocycles. The van der Waals surface area contributed by atoms with Gasteiger partial charge in [-0.15, -0.1) is 0 Å². The summed E-state index contributed by atoms with van der Waals surface area (Å²) in [5, 5.41) is 8.94. The quantitative estimate of drug-likeness (QED) is 0.869. The van der Waals surface area contributed by atoms with E-state index in [0.29, 0.717) is 5.75 Å². The third-order valence-corrected chi connectivity index (χ3v) is 3.39. The maximum Gasteiger partial charge on any atom is 0.305 e. The minimum Gasteiger partial charge on any atom is -0.496 e. The van der Waals surface area contributed by atoms with Crippen LogP contribution in [0.15, 0.2) is 12.1 Å². The smallest absolute Gasteiger partial charge is 0.305 e. The molecule has 0 bridgehead atoms. The van der Waals surface area contributed by atoms with Gasteiger partial charge in [-0.3, -0.25) is 4.79 Å². The number of nitrogens with two attached hydrogens (primary N) is 1. The SMILES string of the molecule is CCc1cc(C(N)CC(=O)O)c(OC)c(C(C)(C)C)c1. The van der Waals surface area contributed by atoms with E-state index in [-0.39, 0.29) is 11.8 Å². The Morgan fingerprint density at radius 2 is 2.00 bits per heavy atom. The van der Waals surface area contributed by atoms with Gasteiger partial charge in [0.25, 0.3) is 0 Å². The molecule has 0 amide bonds. The number of aryl methyl sites for hydroxylation is 1. The lowest BCUT2D eigenvalue weighted by molar-refractivity contribution is -0.137. The number of aliphatic carboxylic acids is 1. The maximum absolute atomic E-state index is 10.9. The highest BCUT2D eigenvalue weighted by molar-refractivity contribution is 5.68. The second-order valence-electron chi connectivity index (χ2n) is 6.07. The van der Waals surface area contributed by atoms with E-state index >= 15 is 0 Å². The van der Waals surface area contributed by atoms with E-state index in [1.54, 1.807) is 7.11 Å². The molecule has 112 valence electrons. The van der Waals surface area contributed by atoms with Gasteiger partial charge in [-0.2, -0.15) is 0 Å². The van der Waals surface area contributed by atoms with Gasteiger partial charge < -0.3 is 15.6 Å². The molecule has 0 aliphatic heterocycles. The standard InChI is InChI=1S/C16H25NO3/c1-6-10-7-11(13(17)9-14(18)19)15(20-5)12(8-10)16(2,3)4/h7-8,13H,6,9,17H2,1-5H3,(H,18,19). The van der Waals surface area contributed by atoms with Crippen LogP contribution in [0.5, 0.6) is 5.75 Å². The number of rotatable bonds is 5. The lowest BCUT2D eigenvalue weighted by Gasteiger charge is -2.26. The molecule has 0 saturated heterocycles. The third kappa shape index (κ3) is 3.73. The van der Waals surface area contributed by atoms with Gasteiger partial charge >= 0.3 is 5.97 Å². The van der Waals surface area contributed by atoms with Crippen molar-refractivity contribution in [1.82, 2.24) is 0 Å². The molecule has 20 heavy (non-hydrogen) atoms. The molecule has 3 N–H and O–H groups in total. The van der Waals surface area contributed by atoms with E-state index in [4.69, 9.17) is 15.6 Å². The van der Waals surface area contributed by atoms with Crippen LogP contribution in [0.2, 0.25) is 0 Å². The van der Waals surface area contributed by atoms with Crippen LogP contribution in [-0.2, 0) is 16.6 Å². The fourth-order valence-corrected chi connectivity index (χ4v) is 2.28. The Labute approximate surface area is 120 Å². The summed E-state index contributed by atoms with van der Waals surface area (Å²) in [5.74, 6) is -0.192. The predicted octanol–water partition coefficient (Wildman–Crippen LogP) is 3.03. The first kappa shape index (κ1) is 16.5. The minimum atomic E-state index is -0.904. The van der Waals surface area contributed by atoms with Crippen LogP contribution in [0.1, 0.15) is 56.8 Å². The van der Waals surface area contributed by atoms with Gasteiger partial charge in [0.05, 0.1) is 13.5 Å². The average molecular weight is 279 g/mol. The van der Waals surface area contributed by atoms with Crippen LogP contribution in [0.25, 0.3) is 0 Å². The predicted molar refractivity (Wildman–Crippen MR) is 80.3 cm³/mol. The number of carbonyl (C=O) groups is 1. The topological polar surface area (TPSA) is 72.6 Å². The Balaban J connectivity index is 3.45. The van der Waals surface area contributed by atoms with E-state index in [1.807, 2.05) is 6.07 Å². The van der Waals surface area contributed by atoms with E-state index in [1.165, 1.54) is 0 Å². The molecular weight excluding hydrogens is 254 g/mol. The number of hydrogen-bond acceptors (Lipinski definition) is 3. The molecule has 1 aromatic carbocycles. The van der Waals surface area contributed by atoms with Crippen molar-refractivity contribution in [3.8, 4) is 5.75 Å². The van der Waals surface area contributed by atoms with Crippen LogP contribution in [0.4, 0.5) is 0 Å². The lowest BCUT2D eigenvalue weighted by atomic mass is 9.82. The van der Waals surface area contributed by atoms with Crippen LogP contribution in [0, 0.1) is 0 Å². The number of ether oxygens (including phenoxy) is 1. The summed E-state index contributed by atoms with van der Waals surface area (Å²) in [6.45, 7) is 8.39. The van der Waals surface area contributed by atoms with Gasteiger partial charge in [-0.05, 0) is 17.4 Å². The Kier molecular flexibility index (Phi) is 5.17. The first-order valence-corrected chi connectivity index (χ1v) is 6.89. The highest BCUT2D eigenvalue weighted by Crippen LogP contribution is 2.38. The summed E-state index contributed by atoms with van der Waals surface area (Å²) in [6.07, 6.45) is 0.771. The molecule has 0 fully saturated rings. The normalized spacial score (nSPS) is 13.1. The highest BCUT2D eigenvalue weighted by Gasteiger charge is 2.25. The third-order valence-electron chi connectivity index (χ3n) is 3.39. The van der Waals surface area contributed by atoms with Crippen LogP contribution in [-0.4, -0.2) is 18.2 Å². The van der Waals surface area contributed by atoms with Gasteiger partial charge in [0, 0.05) is 17.2 Å². The van der Waals surface area contributed by atoms with Crippen molar-refractivity contribution < 1.29 is 14.6 Å². The molecule has 0 aromatic heterocycles. The van der Waals surface area contributed by atoms with Gasteiger partial charge in [-0.25, -0.2) is 0 Å². The van der Waals surface area contributed by atoms with E-state index < -0.39 is 12.0 Å². The van der Waals surface area contributed by atoms with Crippen molar-refractivity contribution in [3.63, 3.8) is 0 Å². The zero-order valence-electron chi connectivity index (χ0n) is 13.0. The molecule has 1 rings (SSSR count). The maximum atomic E-state index is 10.9. The zero-order valence-corrected chi connectivity index (χ0v) is 13.0. The van der Waals surface area contributed by atoms with Crippen LogP contribution >= 0.6 is 0 Å². The molecule has 4 heteroatoms. The molecule has 1 unspecified atom stereocenters. The van der Waals surface area contributed by atoms with E-state index in [9.17, 15) is 4.79 Å². The van der Waals surface area contributed by atoms with Gasteiger partial charge in [0.2, 0.25) is 0 Å². The fraction of sp³-hybridized carbons (Fsp3) is 0.562. The molecule has 0 spiro atoms. The number of carboxylic acids is 1. The second kappa shape index (κ2) is 6.27. The van der Waals surface area contributed by atoms with E-state index in [0.717, 1.165) is 23.1 Å². The van der Waals surface area contributed by atoms with Crippen LogP contribution in [0.3, 0.4) is 0 Å². The molecular formula is C16H25NO3. The second-order valence-corrected chi connectivity index (χ2v) is 6.07. The Morgan fingerprint density at radius 3 is 2.40 bits per heavy atom. The molecule has 0 aliphatic carbocycles. The zero-order chi connectivity index (χ0) is 15.5. The van der Waals surface area contributed by atoms with Crippen molar-refractivity contribution >= 4 is 5.97 Å². The summed E-state index contributed by atoms with van der Waals surface area (Å²) < 4.78 is 5.53. The molecule has 4 nitrogen and oxygen atoms in total. The Hall–Kier alpha value is -1.55. The summed E-state index contributed by atoms with van der Waals surface area (Å²) in [5.41, 5.74) is 8.95. The number of methoxy groups -OCH3 is 1. The monoisotopic (exact) mass is 279 g/mol. The van der Waals surface area contributed by atoms with Gasteiger partial charge in [-0.1, -0.05) is 39.8 Å². The Morgan fingerprint density at radius 1 is 1.40 bits per heavy atom. The number of benzene rings is 1. The largest absolute Gasteiger partial charge is 0.496 e. The first-order valence-electron chi connectivity index (χ1n) is 6.89. The van der Waals surface area contributed by atoms with Crippen molar-refractivity contribution in [3.05, 3.63) is 28.8 Å². The van der Waals surface area contributed by atoms with Crippen molar-refractivity contribution in [2.45, 2.75) is 52.0 Å². The van der Waals surface area contributed by atoms with Crippen LogP contribution < -0.4 is 10.5 Å².